The number of aromatic nitrogens is 6. The number of hydrogen-bond donors (Lipinski definition) is 0. The van der Waals surface area contributed by atoms with Crippen LogP contribution in [0.5, 0.6) is 0 Å². The summed E-state index contributed by atoms with van der Waals surface area (Å²) < 4.78 is 0. The lowest BCUT2D eigenvalue weighted by Gasteiger charge is -2.03. The standard InChI is InChI=1S/C34H35N3Si.C22H22N2.C12H14BrNSi/c1-5-6-7-8-15-32-21-18-29(26-35-32)13-9-11-16-33-22-19-30(27-36-33)14-10-12-17-34-23-20-31(28-37-34)24-25-38(2,3)4;1-3-5-6-7-11-21-16-14-20(18-24-21)10-8-9-12-22-15-13-19(4-2)17-23-22;1-15(2,3)9-7-11-4-5-12(6-8-13)14-10-11/h11-12,16-23,26-28H,5-8,15H2,1-4H3;2,9,12-18H,3,5-7,11H2,1H3;4-6,8,10H,1-3H3/b16-11+,17-12-;12-9+;8-6+. The molecule has 388 valence electrons. The minimum Gasteiger partial charge on any atom is -0.260 e. The summed E-state index contributed by atoms with van der Waals surface area (Å²) in [7, 11) is -2.66. The quantitative estimate of drug-likeness (QED) is 0.0614. The van der Waals surface area contributed by atoms with Gasteiger partial charge in [0.05, 0.1) is 22.8 Å². The molecule has 0 saturated heterocycles. The summed E-state index contributed by atoms with van der Waals surface area (Å²) >= 11 is 3.22. The van der Waals surface area contributed by atoms with Crippen molar-refractivity contribution in [2.45, 2.75) is 117 Å². The maximum atomic E-state index is 5.30. The van der Waals surface area contributed by atoms with Crippen LogP contribution in [-0.4, -0.2) is 46.1 Å². The summed E-state index contributed by atoms with van der Waals surface area (Å²) in [6, 6.07) is 23.8. The minimum absolute atomic E-state index is 0.777. The van der Waals surface area contributed by atoms with E-state index in [9.17, 15) is 0 Å². The molecule has 6 nitrogen and oxygen atoms in total. The number of nitrogens with zero attached hydrogens (tertiary/aromatic N) is 6. The average molecular weight is 1110 g/mol. The Hall–Kier alpha value is -7.87. The topological polar surface area (TPSA) is 77.3 Å². The highest BCUT2D eigenvalue weighted by Gasteiger charge is 2.08. The van der Waals surface area contributed by atoms with Gasteiger partial charge in [0.25, 0.3) is 0 Å². The molecular weight excluding hydrogens is 1040 g/mol. The maximum absolute atomic E-state index is 5.30. The molecule has 9 heteroatoms. The molecule has 6 rings (SSSR count). The van der Waals surface area contributed by atoms with E-state index in [1.165, 1.54) is 51.4 Å². The predicted octanol–water partition coefficient (Wildman–Crippen LogP) is 15.7. The lowest BCUT2D eigenvalue weighted by Crippen LogP contribution is -2.16. The molecular formula is C68H71BrN6Si2. The molecule has 0 fully saturated rings. The molecule has 0 radical (unpaired) electrons. The van der Waals surface area contributed by atoms with Crippen LogP contribution in [0.4, 0.5) is 0 Å². The van der Waals surface area contributed by atoms with Crippen LogP contribution in [0.2, 0.25) is 39.3 Å². The smallest absolute Gasteiger partial charge is 0.129 e. The van der Waals surface area contributed by atoms with Crippen molar-refractivity contribution in [3.05, 3.63) is 201 Å². The second-order valence-electron chi connectivity index (χ2n) is 19.8. The van der Waals surface area contributed by atoms with Crippen molar-refractivity contribution in [1.82, 2.24) is 29.9 Å². The first-order valence-electron chi connectivity index (χ1n) is 26.3. The number of rotatable bonds is 14. The fraction of sp³-hybridized carbons (Fsp3) is 0.265. The van der Waals surface area contributed by atoms with Crippen LogP contribution in [0.1, 0.15) is 133 Å². The molecule has 0 saturated carbocycles. The highest BCUT2D eigenvalue weighted by Crippen LogP contribution is 2.10. The van der Waals surface area contributed by atoms with Gasteiger partial charge in [-0.05, 0) is 146 Å². The summed E-state index contributed by atoms with van der Waals surface area (Å²) in [6.07, 6.45) is 41.2. The number of pyridine rings is 6. The Morgan fingerprint density at radius 1 is 0.403 bits per heavy atom. The van der Waals surface area contributed by atoms with Crippen LogP contribution >= 0.6 is 15.9 Å². The Bertz CT molecular complexity index is 3220. The normalized spacial score (nSPS) is 10.7. The molecule has 0 atom stereocenters. The highest BCUT2D eigenvalue weighted by atomic mass is 79.9. The Labute approximate surface area is 472 Å². The molecule has 0 aliphatic carbocycles. The highest BCUT2D eigenvalue weighted by molar-refractivity contribution is 9.11. The lowest BCUT2D eigenvalue weighted by atomic mass is 10.1. The Kier molecular flexibility index (Phi) is 28.4. The average Bonchev–Trinajstić information content (AvgIpc) is 3.43. The van der Waals surface area contributed by atoms with Gasteiger partial charge >= 0.3 is 0 Å². The molecule has 6 heterocycles. The van der Waals surface area contributed by atoms with Gasteiger partial charge in [-0.15, -0.1) is 17.5 Å². The molecule has 0 aliphatic heterocycles. The van der Waals surface area contributed by atoms with Crippen molar-refractivity contribution in [3.8, 4) is 70.8 Å². The lowest BCUT2D eigenvalue weighted by molar-refractivity contribution is 0.660. The van der Waals surface area contributed by atoms with E-state index in [0.29, 0.717) is 0 Å². The first kappa shape index (κ1) is 61.7. The van der Waals surface area contributed by atoms with Gasteiger partial charge in [0.15, 0.2) is 0 Å². The largest absolute Gasteiger partial charge is 0.260 e. The number of terminal acetylenes is 1. The van der Waals surface area contributed by atoms with E-state index >= 15 is 0 Å². The summed E-state index contributed by atoms with van der Waals surface area (Å²) in [5, 5.41) is 0. The van der Waals surface area contributed by atoms with Crippen molar-refractivity contribution in [1.29, 1.82) is 0 Å². The number of halogens is 1. The van der Waals surface area contributed by atoms with E-state index in [2.05, 4.69) is 175 Å². The number of hydrogen-bond acceptors (Lipinski definition) is 6. The van der Waals surface area contributed by atoms with Gasteiger partial charge < -0.3 is 0 Å². The van der Waals surface area contributed by atoms with Gasteiger partial charge in [0.1, 0.15) is 16.1 Å². The molecule has 0 bridgehead atoms. The second-order valence-corrected chi connectivity index (χ2v) is 29.9. The van der Waals surface area contributed by atoms with Crippen molar-refractivity contribution in [2.24, 2.45) is 0 Å². The van der Waals surface area contributed by atoms with E-state index in [4.69, 9.17) is 6.42 Å². The van der Waals surface area contributed by atoms with Crippen molar-refractivity contribution in [3.63, 3.8) is 0 Å². The van der Waals surface area contributed by atoms with Gasteiger partial charge in [-0.1, -0.05) is 161 Å². The maximum Gasteiger partial charge on any atom is 0.129 e. The van der Waals surface area contributed by atoms with Crippen molar-refractivity contribution >= 4 is 56.4 Å². The van der Waals surface area contributed by atoms with E-state index in [1.54, 1.807) is 29.5 Å². The van der Waals surface area contributed by atoms with Gasteiger partial charge in [-0.2, -0.15) is 0 Å². The fourth-order valence-corrected chi connectivity index (χ4v) is 7.73. The molecule has 0 unspecified atom stereocenters. The fourth-order valence-electron chi connectivity index (χ4n) is 6.42. The zero-order valence-electron chi connectivity index (χ0n) is 46.2. The van der Waals surface area contributed by atoms with Crippen LogP contribution < -0.4 is 0 Å². The summed E-state index contributed by atoms with van der Waals surface area (Å²) in [4.78, 5) is 28.2. The van der Waals surface area contributed by atoms with Gasteiger partial charge in [0.2, 0.25) is 0 Å². The second kappa shape index (κ2) is 35.4. The van der Waals surface area contributed by atoms with Crippen LogP contribution in [0, 0.1) is 70.8 Å². The van der Waals surface area contributed by atoms with E-state index < -0.39 is 16.1 Å². The first-order valence-corrected chi connectivity index (χ1v) is 34.2. The molecule has 0 aliphatic rings. The van der Waals surface area contributed by atoms with Crippen LogP contribution in [0.3, 0.4) is 0 Å². The van der Waals surface area contributed by atoms with Crippen molar-refractivity contribution in [2.75, 3.05) is 0 Å². The molecule has 0 aromatic carbocycles. The van der Waals surface area contributed by atoms with E-state index in [1.807, 2.05) is 116 Å². The summed E-state index contributed by atoms with van der Waals surface area (Å²) in [5.41, 5.74) is 17.8. The van der Waals surface area contributed by atoms with Crippen LogP contribution in [-0.2, 0) is 12.8 Å². The SMILES string of the molecule is C#Cc1ccc(/C=C/C#Cc2ccc(CCCCCC)nc2)nc1.CCCCCCc1ccc(C#C/C=C/c2ccc(C#C/C=C\c3ccc(C#C[Si](C)(C)C)cn3)cn2)cn1.C[Si](C)(C)C#Cc1ccc(/C=C/Br)nc1. The first-order chi connectivity index (χ1) is 37.2. The van der Waals surface area contributed by atoms with Gasteiger partial charge in [-0.25, -0.2) is 0 Å². The number of aryl methyl sites for hydroxylation is 2. The number of allylic oxidation sites excluding steroid dienone is 3. The minimum atomic E-state index is -1.38. The monoisotopic (exact) mass is 1110 g/mol. The van der Waals surface area contributed by atoms with E-state index in [0.717, 1.165) is 80.4 Å². The van der Waals surface area contributed by atoms with Crippen LogP contribution in [0.15, 0.2) is 133 Å². The third kappa shape index (κ3) is 28.6. The predicted molar refractivity (Wildman–Crippen MR) is 335 cm³/mol. The zero-order chi connectivity index (χ0) is 55.4. The molecule has 6 aromatic rings. The van der Waals surface area contributed by atoms with Crippen LogP contribution in [0.25, 0.3) is 24.3 Å². The molecule has 6 aromatic heterocycles. The Morgan fingerprint density at radius 2 is 0.727 bits per heavy atom. The van der Waals surface area contributed by atoms with Gasteiger partial charge in [0, 0.05) is 81.9 Å². The van der Waals surface area contributed by atoms with E-state index in [-0.39, 0.29) is 0 Å². The zero-order valence-corrected chi connectivity index (χ0v) is 49.8. The van der Waals surface area contributed by atoms with Crippen molar-refractivity contribution < 1.29 is 0 Å². The molecule has 0 amide bonds. The molecule has 77 heavy (non-hydrogen) atoms. The summed E-state index contributed by atoms with van der Waals surface area (Å²) in [6.45, 7) is 17.8. The Morgan fingerprint density at radius 3 is 1.01 bits per heavy atom. The Balaban J connectivity index is 0.000000278. The molecule has 0 spiro atoms. The van der Waals surface area contributed by atoms with Gasteiger partial charge in [-0.3, -0.25) is 29.9 Å². The summed E-state index contributed by atoms with van der Waals surface area (Å²) in [5.74, 6) is 27.3. The third-order valence-corrected chi connectivity index (χ3v) is 12.6. The number of unbranched alkanes of at least 4 members (excludes halogenated alkanes) is 6. The molecule has 0 N–H and O–H groups in total. The third-order valence-electron chi connectivity index (χ3n) is 10.6.